The molecule has 5 atom stereocenters. The molecule has 1 saturated carbocycles. The smallest absolute Gasteiger partial charge is 0.246 e. The van der Waals surface area contributed by atoms with Crippen LogP contribution in [0.5, 0.6) is 0 Å². The van der Waals surface area contributed by atoms with Crippen molar-refractivity contribution in [3.05, 3.63) is 12.2 Å². The second kappa shape index (κ2) is 5.99. The number of rotatable bonds is 4. The van der Waals surface area contributed by atoms with Crippen LogP contribution >= 0.6 is 0 Å². The Balaban J connectivity index is 1.58. The van der Waals surface area contributed by atoms with E-state index in [9.17, 15) is 14.4 Å². The number of imide groups is 1. The molecule has 0 spiro atoms. The Morgan fingerprint density at radius 3 is 2.29 bits per heavy atom. The molecular weight excluding hydrogens is 308 g/mol. The number of morpholine rings is 1. The number of carbonyl (C=O) groups is 3. The standard InChI is InChI=1S/C18H24N2O4/c1-2-3-13(16(21)19-6-8-24-9-7-19)20-17(22)14-11-4-5-12(10-11)15(14)18(20)23/h4-5,11-15H,2-3,6-10H2,1H3/t11-,12-,13-,14-,15-/m0/s1. The van der Waals surface area contributed by atoms with Gasteiger partial charge in [-0.25, -0.2) is 0 Å². The van der Waals surface area contributed by atoms with Gasteiger partial charge in [0.25, 0.3) is 0 Å². The van der Waals surface area contributed by atoms with Gasteiger partial charge in [-0.15, -0.1) is 0 Å². The summed E-state index contributed by atoms with van der Waals surface area (Å²) in [5.74, 6) is -0.441. The zero-order chi connectivity index (χ0) is 16.8. The summed E-state index contributed by atoms with van der Waals surface area (Å²) < 4.78 is 5.30. The quantitative estimate of drug-likeness (QED) is 0.565. The highest BCUT2D eigenvalue weighted by atomic mass is 16.5. The summed E-state index contributed by atoms with van der Waals surface area (Å²) >= 11 is 0. The second-order valence-electron chi connectivity index (χ2n) is 7.29. The lowest BCUT2D eigenvalue weighted by Crippen LogP contribution is -2.54. The molecule has 6 heteroatoms. The third-order valence-corrected chi connectivity index (χ3v) is 5.99. The zero-order valence-electron chi connectivity index (χ0n) is 14.0. The summed E-state index contributed by atoms with van der Waals surface area (Å²) in [4.78, 5) is 42.0. The molecule has 2 bridgehead atoms. The Labute approximate surface area is 141 Å². The van der Waals surface area contributed by atoms with Crippen LogP contribution in [0.4, 0.5) is 0 Å². The summed E-state index contributed by atoms with van der Waals surface area (Å²) in [5, 5.41) is 0. The van der Waals surface area contributed by atoms with Gasteiger partial charge in [0.2, 0.25) is 17.7 Å². The fraction of sp³-hybridized carbons (Fsp3) is 0.722. The monoisotopic (exact) mass is 332 g/mol. The Kier molecular flexibility index (Phi) is 3.95. The highest BCUT2D eigenvalue weighted by Crippen LogP contribution is 2.53. The predicted molar refractivity (Wildman–Crippen MR) is 85.7 cm³/mol. The lowest BCUT2D eigenvalue weighted by Gasteiger charge is -2.34. The van der Waals surface area contributed by atoms with Crippen LogP contribution in [-0.4, -0.2) is 59.9 Å². The minimum atomic E-state index is -0.641. The molecule has 3 fully saturated rings. The van der Waals surface area contributed by atoms with Crippen LogP contribution in [0.3, 0.4) is 0 Å². The van der Waals surface area contributed by atoms with Gasteiger partial charge in [-0.2, -0.15) is 0 Å². The predicted octanol–water partition coefficient (Wildman–Crippen LogP) is 0.821. The molecule has 130 valence electrons. The van der Waals surface area contributed by atoms with Gasteiger partial charge in [-0.05, 0) is 24.7 Å². The number of fused-ring (bicyclic) bond motifs is 5. The summed E-state index contributed by atoms with van der Waals surface area (Å²) in [6.45, 7) is 4.10. The van der Waals surface area contributed by atoms with Crippen molar-refractivity contribution >= 4 is 17.7 Å². The fourth-order valence-corrected chi connectivity index (χ4v) is 4.86. The molecule has 0 aromatic rings. The summed E-state index contributed by atoms with van der Waals surface area (Å²) in [7, 11) is 0. The van der Waals surface area contributed by atoms with Crippen molar-refractivity contribution in [1.29, 1.82) is 0 Å². The third kappa shape index (κ3) is 2.23. The van der Waals surface area contributed by atoms with E-state index in [1.165, 1.54) is 4.90 Å². The Morgan fingerprint density at radius 1 is 1.17 bits per heavy atom. The van der Waals surface area contributed by atoms with Gasteiger partial charge < -0.3 is 9.64 Å². The van der Waals surface area contributed by atoms with Crippen molar-refractivity contribution in [3.63, 3.8) is 0 Å². The van der Waals surface area contributed by atoms with Gasteiger partial charge in [0.05, 0.1) is 25.0 Å². The number of nitrogens with zero attached hydrogens (tertiary/aromatic N) is 2. The van der Waals surface area contributed by atoms with Crippen molar-refractivity contribution in [2.45, 2.75) is 32.2 Å². The van der Waals surface area contributed by atoms with Gasteiger partial charge in [-0.3, -0.25) is 19.3 Å². The molecule has 3 amide bonds. The third-order valence-electron chi connectivity index (χ3n) is 5.99. The molecule has 4 rings (SSSR count). The number of hydrogen-bond acceptors (Lipinski definition) is 4. The summed E-state index contributed by atoms with van der Waals surface area (Å²) in [5.41, 5.74) is 0. The Morgan fingerprint density at radius 2 is 1.75 bits per heavy atom. The molecule has 2 aliphatic carbocycles. The topological polar surface area (TPSA) is 66.9 Å². The number of hydrogen-bond donors (Lipinski definition) is 0. The lowest BCUT2D eigenvalue weighted by molar-refractivity contribution is -0.154. The molecule has 0 aromatic carbocycles. The van der Waals surface area contributed by atoms with E-state index in [1.807, 2.05) is 6.92 Å². The maximum absolute atomic E-state index is 13.0. The van der Waals surface area contributed by atoms with Gasteiger partial charge in [-0.1, -0.05) is 25.5 Å². The van der Waals surface area contributed by atoms with Crippen LogP contribution in [0.15, 0.2) is 12.2 Å². The van der Waals surface area contributed by atoms with Crippen molar-refractivity contribution in [2.75, 3.05) is 26.3 Å². The number of ether oxygens (including phenoxy) is 1. The molecule has 24 heavy (non-hydrogen) atoms. The van der Waals surface area contributed by atoms with Crippen molar-refractivity contribution in [1.82, 2.24) is 9.80 Å². The average molecular weight is 332 g/mol. The van der Waals surface area contributed by atoms with Crippen molar-refractivity contribution in [2.24, 2.45) is 23.7 Å². The van der Waals surface area contributed by atoms with Crippen LogP contribution in [-0.2, 0) is 19.1 Å². The molecule has 4 aliphatic rings. The summed E-state index contributed by atoms with van der Waals surface area (Å²) in [6.07, 6.45) is 6.38. The molecule has 2 aliphatic heterocycles. The SMILES string of the molecule is CCC[C@@H](C(=O)N1CCOCC1)N1C(=O)[C@@H]2[C@@H](C1=O)[C@H]1C=C[C@H]2C1. The van der Waals surface area contributed by atoms with Gasteiger partial charge >= 0.3 is 0 Å². The van der Waals surface area contributed by atoms with E-state index in [0.29, 0.717) is 32.7 Å². The Bertz CT molecular complexity index is 566. The van der Waals surface area contributed by atoms with Gasteiger partial charge in [0, 0.05) is 13.1 Å². The molecule has 0 aromatic heterocycles. The molecule has 6 nitrogen and oxygen atoms in total. The maximum Gasteiger partial charge on any atom is 0.246 e. The van der Waals surface area contributed by atoms with Crippen molar-refractivity contribution < 1.29 is 19.1 Å². The van der Waals surface area contributed by atoms with E-state index in [-0.39, 0.29) is 41.4 Å². The molecule has 0 N–H and O–H groups in total. The molecule has 0 radical (unpaired) electrons. The summed E-state index contributed by atoms with van der Waals surface area (Å²) in [6, 6.07) is -0.641. The first kappa shape index (κ1) is 15.8. The zero-order valence-corrected chi connectivity index (χ0v) is 14.0. The van der Waals surface area contributed by atoms with Gasteiger partial charge in [0.1, 0.15) is 6.04 Å². The molecule has 2 heterocycles. The van der Waals surface area contributed by atoms with Crippen LogP contribution in [0, 0.1) is 23.7 Å². The largest absolute Gasteiger partial charge is 0.378 e. The normalized spacial score (nSPS) is 35.7. The first-order valence-corrected chi connectivity index (χ1v) is 9.05. The fourth-order valence-electron chi connectivity index (χ4n) is 4.86. The average Bonchev–Trinajstić information content (AvgIpc) is 3.28. The number of allylic oxidation sites excluding steroid dienone is 2. The number of carbonyl (C=O) groups excluding carboxylic acids is 3. The van der Waals surface area contributed by atoms with E-state index in [1.54, 1.807) is 4.90 Å². The second-order valence-corrected chi connectivity index (χ2v) is 7.29. The van der Waals surface area contributed by atoms with E-state index in [2.05, 4.69) is 12.2 Å². The number of amides is 3. The lowest BCUT2D eigenvalue weighted by atomic mass is 9.85. The van der Waals surface area contributed by atoms with E-state index < -0.39 is 6.04 Å². The minimum Gasteiger partial charge on any atom is -0.378 e. The first-order valence-electron chi connectivity index (χ1n) is 9.05. The minimum absolute atomic E-state index is 0.0953. The highest BCUT2D eigenvalue weighted by molar-refractivity contribution is 6.09. The van der Waals surface area contributed by atoms with Crippen molar-refractivity contribution in [3.8, 4) is 0 Å². The van der Waals surface area contributed by atoms with Crippen LogP contribution in [0.2, 0.25) is 0 Å². The number of likely N-dealkylation sites (tertiary alicyclic amines) is 1. The molecule has 0 unspecified atom stereocenters. The van der Waals surface area contributed by atoms with E-state index in [0.717, 1.165) is 12.8 Å². The van der Waals surface area contributed by atoms with Gasteiger partial charge in [0.15, 0.2) is 0 Å². The highest BCUT2D eigenvalue weighted by Gasteiger charge is 2.61. The van der Waals surface area contributed by atoms with Crippen LogP contribution in [0.1, 0.15) is 26.2 Å². The first-order chi connectivity index (χ1) is 11.6. The maximum atomic E-state index is 13.0. The molecule has 2 saturated heterocycles. The van der Waals surface area contributed by atoms with E-state index in [4.69, 9.17) is 4.74 Å². The van der Waals surface area contributed by atoms with E-state index >= 15 is 0 Å². The van der Waals surface area contributed by atoms with Crippen LogP contribution in [0.25, 0.3) is 0 Å². The van der Waals surface area contributed by atoms with Crippen LogP contribution < -0.4 is 0 Å². The Hall–Kier alpha value is -1.69. The molecular formula is C18H24N2O4.